The van der Waals surface area contributed by atoms with E-state index in [9.17, 15) is 4.79 Å². The average Bonchev–Trinajstić information content (AvgIpc) is 3.31. The Balaban J connectivity index is 1.52. The van der Waals surface area contributed by atoms with Crippen LogP contribution in [0.3, 0.4) is 0 Å². The van der Waals surface area contributed by atoms with Gasteiger partial charge >= 0.3 is 0 Å². The van der Waals surface area contributed by atoms with Gasteiger partial charge in [-0.3, -0.25) is 9.89 Å². The quantitative estimate of drug-likeness (QED) is 0.677. The first kappa shape index (κ1) is 15.6. The first-order valence-electron chi connectivity index (χ1n) is 8.38. The molecule has 0 aliphatic carbocycles. The summed E-state index contributed by atoms with van der Waals surface area (Å²) in [5, 5.41) is 13.5. The van der Waals surface area contributed by atoms with Crippen LogP contribution in [-0.2, 0) is 13.0 Å². The molecule has 1 unspecified atom stereocenters. The van der Waals surface area contributed by atoms with Crippen LogP contribution in [0.25, 0.3) is 5.69 Å². The number of H-pyrrole nitrogens is 1. The molecule has 1 atom stereocenters. The molecule has 0 radical (unpaired) electrons. The summed E-state index contributed by atoms with van der Waals surface area (Å²) in [6.45, 7) is 3.56. The number of aromatic nitrogens is 4. The molecule has 0 saturated carbocycles. The molecule has 128 valence electrons. The molecule has 0 fully saturated rings. The van der Waals surface area contributed by atoms with Crippen LogP contribution in [0, 0.1) is 0 Å². The molecule has 3 aromatic rings. The van der Waals surface area contributed by atoms with E-state index < -0.39 is 0 Å². The summed E-state index contributed by atoms with van der Waals surface area (Å²) < 4.78 is 1.94. The van der Waals surface area contributed by atoms with Crippen molar-refractivity contribution in [2.75, 3.05) is 6.54 Å². The second-order valence-electron chi connectivity index (χ2n) is 6.22. The summed E-state index contributed by atoms with van der Waals surface area (Å²) in [6, 6.07) is 7.92. The number of carbonyl (C=O) groups excluding carboxylic acids is 1. The molecule has 7 nitrogen and oxygen atoms in total. The standard InChI is InChI=1S/C18H20N6O/c1-12(13-3-2-4-14(9-13)24-8-7-20-11-24)21-18(25)17-15-10-19-6-5-16(15)22-23-17/h2-4,7-9,11-12,19H,5-6,10H2,1H3,(H,21,25)(H,22,23). The zero-order valence-corrected chi connectivity index (χ0v) is 14.0. The SMILES string of the molecule is CC(NC(=O)c1n[nH]c2c1CNCC2)c1cccc(-n2ccnc2)c1. The van der Waals surface area contributed by atoms with E-state index in [1.54, 1.807) is 12.5 Å². The molecule has 4 rings (SSSR count). The van der Waals surface area contributed by atoms with E-state index in [2.05, 4.69) is 25.8 Å². The highest BCUT2D eigenvalue weighted by Crippen LogP contribution is 2.19. The second kappa shape index (κ2) is 6.52. The molecule has 1 aliphatic rings. The van der Waals surface area contributed by atoms with Gasteiger partial charge in [0.1, 0.15) is 0 Å². The molecule has 0 saturated heterocycles. The minimum atomic E-state index is -0.151. The van der Waals surface area contributed by atoms with Crippen molar-refractivity contribution in [3.63, 3.8) is 0 Å². The number of rotatable bonds is 4. The molecule has 7 heteroatoms. The minimum Gasteiger partial charge on any atom is -0.344 e. The van der Waals surface area contributed by atoms with Crippen LogP contribution in [0.1, 0.15) is 40.3 Å². The zero-order chi connectivity index (χ0) is 17.2. The summed E-state index contributed by atoms with van der Waals surface area (Å²) in [5.74, 6) is -0.151. The Morgan fingerprint density at radius 1 is 1.40 bits per heavy atom. The van der Waals surface area contributed by atoms with Crippen LogP contribution in [-0.4, -0.2) is 32.2 Å². The van der Waals surface area contributed by atoms with Gasteiger partial charge in [0.15, 0.2) is 5.69 Å². The normalized spacial score (nSPS) is 14.8. The maximum atomic E-state index is 12.6. The van der Waals surface area contributed by atoms with Crippen molar-refractivity contribution in [1.82, 2.24) is 30.4 Å². The lowest BCUT2D eigenvalue weighted by Gasteiger charge is -2.16. The van der Waals surface area contributed by atoms with E-state index in [4.69, 9.17) is 0 Å². The van der Waals surface area contributed by atoms with E-state index in [1.807, 2.05) is 42.0 Å². The molecular formula is C18H20N6O. The van der Waals surface area contributed by atoms with E-state index in [0.29, 0.717) is 12.2 Å². The fourth-order valence-corrected chi connectivity index (χ4v) is 3.13. The predicted octanol–water partition coefficient (Wildman–Crippen LogP) is 1.73. The average molecular weight is 336 g/mol. The van der Waals surface area contributed by atoms with E-state index in [-0.39, 0.29) is 11.9 Å². The van der Waals surface area contributed by atoms with Gasteiger partial charge in [0.25, 0.3) is 5.91 Å². The fraction of sp³-hybridized carbons (Fsp3) is 0.278. The molecular weight excluding hydrogens is 316 g/mol. The minimum absolute atomic E-state index is 0.125. The third kappa shape index (κ3) is 3.06. The van der Waals surface area contributed by atoms with Gasteiger partial charge < -0.3 is 15.2 Å². The summed E-state index contributed by atoms with van der Waals surface area (Å²) in [4.78, 5) is 16.7. The van der Waals surface area contributed by atoms with Gasteiger partial charge in [-0.1, -0.05) is 12.1 Å². The van der Waals surface area contributed by atoms with Crippen LogP contribution >= 0.6 is 0 Å². The Bertz CT molecular complexity index is 883. The van der Waals surface area contributed by atoms with Crippen molar-refractivity contribution < 1.29 is 4.79 Å². The molecule has 3 heterocycles. The highest BCUT2D eigenvalue weighted by molar-refractivity contribution is 5.94. The number of hydrogen-bond donors (Lipinski definition) is 3. The number of fused-ring (bicyclic) bond motifs is 1. The second-order valence-corrected chi connectivity index (χ2v) is 6.22. The summed E-state index contributed by atoms with van der Waals surface area (Å²) in [5.41, 5.74) is 4.56. The van der Waals surface area contributed by atoms with Crippen molar-refractivity contribution in [3.8, 4) is 5.69 Å². The highest BCUT2D eigenvalue weighted by Gasteiger charge is 2.22. The van der Waals surface area contributed by atoms with Crippen molar-refractivity contribution in [2.45, 2.75) is 25.9 Å². The van der Waals surface area contributed by atoms with Gasteiger partial charge in [-0.2, -0.15) is 5.10 Å². The van der Waals surface area contributed by atoms with Crippen molar-refractivity contribution >= 4 is 5.91 Å². The number of hydrogen-bond acceptors (Lipinski definition) is 4. The molecule has 3 N–H and O–H groups in total. The van der Waals surface area contributed by atoms with Gasteiger partial charge in [-0.05, 0) is 24.6 Å². The smallest absolute Gasteiger partial charge is 0.272 e. The maximum Gasteiger partial charge on any atom is 0.272 e. The van der Waals surface area contributed by atoms with Gasteiger partial charge in [-0.15, -0.1) is 0 Å². The van der Waals surface area contributed by atoms with Crippen molar-refractivity contribution in [2.24, 2.45) is 0 Å². The Labute approximate surface area is 145 Å². The Hall–Kier alpha value is -2.93. The number of benzene rings is 1. The third-order valence-corrected chi connectivity index (χ3v) is 4.54. The number of nitrogens with zero attached hydrogens (tertiary/aromatic N) is 3. The van der Waals surface area contributed by atoms with E-state index >= 15 is 0 Å². The number of nitrogens with one attached hydrogen (secondary N) is 3. The zero-order valence-electron chi connectivity index (χ0n) is 14.0. The molecule has 25 heavy (non-hydrogen) atoms. The van der Waals surface area contributed by atoms with Crippen molar-refractivity contribution in [3.05, 3.63) is 65.5 Å². The van der Waals surface area contributed by atoms with Crippen LogP contribution in [0.2, 0.25) is 0 Å². The molecule has 1 aliphatic heterocycles. The Morgan fingerprint density at radius 2 is 2.32 bits per heavy atom. The van der Waals surface area contributed by atoms with Crippen LogP contribution in [0.15, 0.2) is 43.0 Å². The Morgan fingerprint density at radius 3 is 3.16 bits per heavy atom. The predicted molar refractivity (Wildman–Crippen MR) is 93.4 cm³/mol. The van der Waals surface area contributed by atoms with E-state index in [0.717, 1.165) is 35.5 Å². The number of amides is 1. The van der Waals surface area contributed by atoms with Crippen LogP contribution in [0.5, 0.6) is 0 Å². The van der Waals surface area contributed by atoms with Crippen molar-refractivity contribution in [1.29, 1.82) is 0 Å². The number of imidazole rings is 1. The molecule has 0 spiro atoms. The molecule has 1 amide bonds. The summed E-state index contributed by atoms with van der Waals surface area (Å²) in [6.07, 6.45) is 6.27. The van der Waals surface area contributed by atoms with E-state index in [1.165, 1.54) is 0 Å². The van der Waals surface area contributed by atoms with Gasteiger partial charge in [0.05, 0.1) is 12.4 Å². The van der Waals surface area contributed by atoms with Crippen LogP contribution < -0.4 is 10.6 Å². The monoisotopic (exact) mass is 336 g/mol. The summed E-state index contributed by atoms with van der Waals surface area (Å²) >= 11 is 0. The van der Waals surface area contributed by atoms with Crippen LogP contribution in [0.4, 0.5) is 0 Å². The lowest BCUT2D eigenvalue weighted by molar-refractivity contribution is 0.0933. The lowest BCUT2D eigenvalue weighted by Crippen LogP contribution is -2.30. The topological polar surface area (TPSA) is 87.6 Å². The molecule has 1 aromatic carbocycles. The lowest BCUT2D eigenvalue weighted by atomic mass is 10.1. The fourth-order valence-electron chi connectivity index (χ4n) is 3.13. The molecule has 0 bridgehead atoms. The maximum absolute atomic E-state index is 12.6. The number of carbonyl (C=O) groups is 1. The largest absolute Gasteiger partial charge is 0.344 e. The molecule has 2 aromatic heterocycles. The first-order chi connectivity index (χ1) is 12.2. The summed E-state index contributed by atoms with van der Waals surface area (Å²) in [7, 11) is 0. The Kier molecular flexibility index (Phi) is 4.07. The van der Waals surface area contributed by atoms with Gasteiger partial charge in [0, 0.05) is 48.8 Å². The van der Waals surface area contributed by atoms with Gasteiger partial charge in [-0.25, -0.2) is 4.98 Å². The first-order valence-corrected chi connectivity index (χ1v) is 8.38. The highest BCUT2D eigenvalue weighted by atomic mass is 16.2. The number of aromatic amines is 1. The third-order valence-electron chi connectivity index (χ3n) is 4.54. The van der Waals surface area contributed by atoms with Gasteiger partial charge in [0.2, 0.25) is 0 Å².